The molecule has 0 aromatic rings. The van der Waals surface area contributed by atoms with Gasteiger partial charge in [-0.2, -0.15) is 0 Å². The van der Waals surface area contributed by atoms with Crippen LogP contribution in [0.1, 0.15) is 67.2 Å². The molecular formula is C17H33N3O2. The zero-order chi connectivity index (χ0) is 17.1. The van der Waals surface area contributed by atoms with Crippen molar-refractivity contribution >= 4 is 11.8 Å². The van der Waals surface area contributed by atoms with Gasteiger partial charge in [-0.15, -0.1) is 0 Å². The Balaban J connectivity index is 3.04. The molecule has 128 valence electrons. The van der Waals surface area contributed by atoms with E-state index in [4.69, 9.17) is 5.73 Å². The van der Waals surface area contributed by atoms with E-state index in [2.05, 4.69) is 0 Å². The summed E-state index contributed by atoms with van der Waals surface area (Å²) in [6.45, 7) is 13.3. The molecule has 0 atom stereocenters. The second kappa shape index (κ2) is 6.99. The van der Waals surface area contributed by atoms with Gasteiger partial charge >= 0.3 is 11.8 Å². The zero-order valence-corrected chi connectivity index (χ0v) is 15.1. The molecule has 0 spiro atoms. The highest BCUT2D eigenvalue weighted by molar-refractivity contribution is 6.35. The first-order chi connectivity index (χ1) is 10.1. The molecule has 1 heterocycles. The van der Waals surface area contributed by atoms with Crippen LogP contribution >= 0.6 is 0 Å². The van der Waals surface area contributed by atoms with E-state index in [9.17, 15) is 9.59 Å². The lowest BCUT2D eigenvalue weighted by Crippen LogP contribution is -2.67. The molecule has 0 radical (unpaired) electrons. The molecule has 5 nitrogen and oxygen atoms in total. The lowest BCUT2D eigenvalue weighted by molar-refractivity contribution is -0.163. The van der Waals surface area contributed by atoms with E-state index < -0.39 is 11.1 Å². The number of hydrogen-bond acceptors (Lipinski definition) is 3. The monoisotopic (exact) mass is 311 g/mol. The highest BCUT2D eigenvalue weighted by Crippen LogP contribution is 2.38. The number of piperidine rings is 1. The Kier molecular flexibility index (Phi) is 6.02. The maximum Gasteiger partial charge on any atom is 0.312 e. The van der Waals surface area contributed by atoms with Gasteiger partial charge in [0.05, 0.1) is 0 Å². The first kappa shape index (κ1) is 18.9. The molecule has 2 amide bonds. The van der Waals surface area contributed by atoms with Crippen LogP contribution in [0, 0.1) is 0 Å². The number of carbonyl (C=O) groups is 2. The molecule has 22 heavy (non-hydrogen) atoms. The van der Waals surface area contributed by atoms with Crippen LogP contribution in [0.4, 0.5) is 0 Å². The standard InChI is InChI=1S/C17H33N3O2/c1-7-9-19(10-8-2)14(21)15(22)20-16(3,4)11-13(18)12-17(20,5)6/h13H,7-12,18H2,1-6H3. The van der Waals surface area contributed by atoms with Crippen LogP contribution in [0.2, 0.25) is 0 Å². The summed E-state index contributed by atoms with van der Waals surface area (Å²) in [5, 5.41) is 0. The third-order valence-corrected chi connectivity index (χ3v) is 4.39. The average Bonchev–Trinajstić information content (AvgIpc) is 2.33. The van der Waals surface area contributed by atoms with Crippen molar-refractivity contribution in [2.45, 2.75) is 84.3 Å². The average molecular weight is 311 g/mol. The van der Waals surface area contributed by atoms with Crippen molar-refractivity contribution in [3.63, 3.8) is 0 Å². The lowest BCUT2D eigenvalue weighted by atomic mass is 9.77. The van der Waals surface area contributed by atoms with Crippen molar-refractivity contribution in [2.24, 2.45) is 5.73 Å². The van der Waals surface area contributed by atoms with E-state index in [1.165, 1.54) is 0 Å². The topological polar surface area (TPSA) is 66.6 Å². The molecule has 0 saturated carbocycles. The minimum absolute atomic E-state index is 0.0616. The minimum Gasteiger partial charge on any atom is -0.334 e. The maximum atomic E-state index is 12.9. The quantitative estimate of drug-likeness (QED) is 0.809. The van der Waals surface area contributed by atoms with Crippen LogP contribution < -0.4 is 5.73 Å². The predicted molar refractivity (Wildman–Crippen MR) is 89.4 cm³/mol. The fraction of sp³-hybridized carbons (Fsp3) is 0.882. The van der Waals surface area contributed by atoms with Crippen molar-refractivity contribution in [3.8, 4) is 0 Å². The lowest BCUT2D eigenvalue weighted by Gasteiger charge is -2.54. The fourth-order valence-electron chi connectivity index (χ4n) is 3.99. The third kappa shape index (κ3) is 4.00. The van der Waals surface area contributed by atoms with Gasteiger partial charge in [0.2, 0.25) is 0 Å². The van der Waals surface area contributed by atoms with Crippen LogP contribution in [-0.4, -0.2) is 51.8 Å². The molecule has 2 N–H and O–H groups in total. The number of amides is 2. The first-order valence-electron chi connectivity index (χ1n) is 8.46. The number of nitrogens with two attached hydrogens (primary N) is 1. The maximum absolute atomic E-state index is 12.9. The Morgan fingerprint density at radius 2 is 1.45 bits per heavy atom. The van der Waals surface area contributed by atoms with E-state index in [1.807, 2.05) is 41.5 Å². The largest absolute Gasteiger partial charge is 0.334 e. The predicted octanol–water partition coefficient (Wildman–Crippen LogP) is 2.14. The molecule has 1 saturated heterocycles. The highest BCUT2D eigenvalue weighted by atomic mass is 16.2. The summed E-state index contributed by atoms with van der Waals surface area (Å²) in [5.41, 5.74) is 5.34. The Morgan fingerprint density at radius 1 is 1.05 bits per heavy atom. The molecule has 0 bridgehead atoms. The Morgan fingerprint density at radius 3 is 1.82 bits per heavy atom. The molecule has 0 aliphatic carbocycles. The summed E-state index contributed by atoms with van der Waals surface area (Å²) in [4.78, 5) is 29.1. The molecule has 0 aromatic carbocycles. The Bertz CT molecular complexity index is 394. The van der Waals surface area contributed by atoms with E-state index >= 15 is 0 Å². The van der Waals surface area contributed by atoms with Gasteiger partial charge in [-0.05, 0) is 53.4 Å². The van der Waals surface area contributed by atoms with Crippen molar-refractivity contribution in [1.82, 2.24) is 9.80 Å². The summed E-state index contributed by atoms with van der Waals surface area (Å²) < 4.78 is 0. The molecule has 1 fully saturated rings. The molecule has 0 aromatic heterocycles. The van der Waals surface area contributed by atoms with Crippen LogP contribution in [-0.2, 0) is 9.59 Å². The van der Waals surface area contributed by atoms with Crippen molar-refractivity contribution in [3.05, 3.63) is 0 Å². The van der Waals surface area contributed by atoms with E-state index in [0.29, 0.717) is 13.1 Å². The number of carbonyl (C=O) groups excluding carboxylic acids is 2. The summed E-state index contributed by atoms with van der Waals surface area (Å²) in [7, 11) is 0. The second-order valence-corrected chi connectivity index (χ2v) is 7.73. The van der Waals surface area contributed by atoms with Gasteiger partial charge in [0, 0.05) is 30.2 Å². The number of likely N-dealkylation sites (tertiary alicyclic amines) is 1. The van der Waals surface area contributed by atoms with Crippen molar-refractivity contribution in [1.29, 1.82) is 0 Å². The van der Waals surface area contributed by atoms with Gasteiger partial charge in [0.1, 0.15) is 0 Å². The SMILES string of the molecule is CCCN(CCC)C(=O)C(=O)N1C(C)(C)CC(N)CC1(C)C. The van der Waals surface area contributed by atoms with E-state index in [1.54, 1.807) is 9.80 Å². The van der Waals surface area contributed by atoms with Gasteiger partial charge in [0.25, 0.3) is 0 Å². The van der Waals surface area contributed by atoms with Crippen LogP contribution in [0.25, 0.3) is 0 Å². The summed E-state index contributed by atoms with van der Waals surface area (Å²) in [6, 6.07) is 0.0616. The summed E-state index contributed by atoms with van der Waals surface area (Å²) >= 11 is 0. The van der Waals surface area contributed by atoms with Crippen molar-refractivity contribution < 1.29 is 9.59 Å². The first-order valence-corrected chi connectivity index (χ1v) is 8.46. The Labute approximate surface area is 135 Å². The van der Waals surface area contributed by atoms with Crippen LogP contribution in [0.3, 0.4) is 0 Å². The van der Waals surface area contributed by atoms with E-state index in [0.717, 1.165) is 25.7 Å². The number of nitrogens with zero attached hydrogens (tertiary/aromatic N) is 2. The fourth-order valence-corrected chi connectivity index (χ4v) is 3.99. The third-order valence-electron chi connectivity index (χ3n) is 4.39. The molecular weight excluding hydrogens is 278 g/mol. The molecule has 1 aliphatic heterocycles. The van der Waals surface area contributed by atoms with Crippen LogP contribution in [0.15, 0.2) is 0 Å². The Hall–Kier alpha value is -1.10. The minimum atomic E-state index is -0.405. The summed E-state index contributed by atoms with van der Waals surface area (Å²) in [6.07, 6.45) is 3.15. The van der Waals surface area contributed by atoms with Gasteiger partial charge < -0.3 is 15.5 Å². The van der Waals surface area contributed by atoms with E-state index in [-0.39, 0.29) is 17.9 Å². The molecule has 1 aliphatic rings. The normalized spacial score (nSPS) is 20.8. The number of rotatable bonds is 4. The van der Waals surface area contributed by atoms with Crippen LogP contribution in [0.5, 0.6) is 0 Å². The summed E-state index contributed by atoms with van der Waals surface area (Å²) in [5.74, 6) is -0.760. The second-order valence-electron chi connectivity index (χ2n) is 7.73. The van der Waals surface area contributed by atoms with Gasteiger partial charge in [0.15, 0.2) is 0 Å². The highest BCUT2D eigenvalue weighted by Gasteiger charge is 2.49. The smallest absolute Gasteiger partial charge is 0.312 e. The molecule has 0 unspecified atom stereocenters. The van der Waals surface area contributed by atoms with Crippen molar-refractivity contribution in [2.75, 3.05) is 13.1 Å². The zero-order valence-electron chi connectivity index (χ0n) is 15.1. The molecule has 5 heteroatoms. The van der Waals surface area contributed by atoms with Gasteiger partial charge in [-0.3, -0.25) is 9.59 Å². The van der Waals surface area contributed by atoms with Gasteiger partial charge in [-0.25, -0.2) is 0 Å². The van der Waals surface area contributed by atoms with Gasteiger partial charge in [-0.1, -0.05) is 13.8 Å². The number of hydrogen-bond donors (Lipinski definition) is 1. The molecule has 1 rings (SSSR count).